The molecule has 6 heteroatoms. The van der Waals surface area contributed by atoms with Crippen molar-refractivity contribution >= 4 is 21.4 Å². The van der Waals surface area contributed by atoms with Gasteiger partial charge in [0, 0.05) is 17.8 Å². The zero-order chi connectivity index (χ0) is 11.0. The highest BCUT2D eigenvalue weighted by atomic mass is 31.0. The first-order valence-electron chi connectivity index (χ1n) is 4.37. The summed E-state index contributed by atoms with van der Waals surface area (Å²) in [6, 6.07) is 0. The lowest BCUT2D eigenvalue weighted by atomic mass is 10.3. The molecule has 15 heavy (non-hydrogen) atoms. The zero-order valence-corrected chi connectivity index (χ0v) is 9.21. The van der Waals surface area contributed by atoms with Crippen LogP contribution in [0.2, 0.25) is 0 Å². The van der Waals surface area contributed by atoms with Crippen molar-refractivity contribution in [3.63, 3.8) is 0 Å². The second-order valence-electron chi connectivity index (χ2n) is 3.27. The third-order valence-corrected chi connectivity index (χ3v) is 2.78. The van der Waals surface area contributed by atoms with Crippen molar-refractivity contribution in [1.82, 2.24) is 5.16 Å². The van der Waals surface area contributed by atoms with Gasteiger partial charge in [0.05, 0.1) is 15.8 Å². The Morgan fingerprint density at radius 1 is 1.67 bits per heavy atom. The largest absolute Gasteiger partial charge is 0.356 e. The fourth-order valence-corrected chi connectivity index (χ4v) is 1.73. The molecule has 1 unspecified atom stereocenters. The Labute approximate surface area is 87.5 Å². The third kappa shape index (κ3) is 1.70. The second kappa shape index (κ2) is 3.59. The van der Waals surface area contributed by atoms with Crippen molar-refractivity contribution < 1.29 is 9.45 Å². The van der Waals surface area contributed by atoms with Crippen molar-refractivity contribution in [3.8, 4) is 0 Å². The highest BCUT2D eigenvalue weighted by molar-refractivity contribution is 7.22. The number of hydrogen-bond donors (Lipinski definition) is 0. The molecule has 0 spiro atoms. The van der Waals surface area contributed by atoms with E-state index in [-0.39, 0.29) is 5.70 Å². The molecular formula is C9H9N2O3P. The molecule has 0 aliphatic heterocycles. The van der Waals surface area contributed by atoms with E-state index in [1.165, 1.54) is 6.08 Å². The van der Waals surface area contributed by atoms with E-state index in [1.807, 2.05) is 0 Å². The predicted molar refractivity (Wildman–Crippen MR) is 57.8 cm³/mol. The van der Waals surface area contributed by atoms with E-state index < -0.39 is 4.92 Å². The Morgan fingerprint density at radius 3 is 3.07 bits per heavy atom. The smallest absolute Gasteiger partial charge is 0.273 e. The quantitative estimate of drug-likeness (QED) is 0.391. The maximum atomic E-state index is 10.8. The van der Waals surface area contributed by atoms with Crippen LogP contribution in [0.3, 0.4) is 0 Å². The molecule has 5 nitrogen and oxygen atoms in total. The number of rotatable bonds is 1. The van der Waals surface area contributed by atoms with E-state index >= 15 is 0 Å². The van der Waals surface area contributed by atoms with Gasteiger partial charge in [0.15, 0.2) is 5.42 Å². The van der Waals surface area contributed by atoms with Gasteiger partial charge < -0.3 is 4.52 Å². The van der Waals surface area contributed by atoms with Crippen LogP contribution in [0, 0.1) is 17.0 Å². The maximum Gasteiger partial charge on any atom is 0.273 e. The number of aryl methyl sites for hydroxylation is 1. The van der Waals surface area contributed by atoms with E-state index in [0.29, 0.717) is 28.1 Å². The van der Waals surface area contributed by atoms with Crippen LogP contribution in [0.1, 0.15) is 12.1 Å². The van der Waals surface area contributed by atoms with Crippen LogP contribution < -0.4 is 10.6 Å². The second-order valence-corrected chi connectivity index (χ2v) is 3.96. The van der Waals surface area contributed by atoms with Crippen LogP contribution in [-0.4, -0.2) is 10.1 Å². The van der Waals surface area contributed by atoms with E-state index in [4.69, 9.17) is 4.52 Å². The molecule has 1 aliphatic rings. The summed E-state index contributed by atoms with van der Waals surface area (Å²) in [5.41, 5.74) is 1.37. The number of aromatic nitrogens is 1. The normalized spacial score (nSPS) is 15.1. The summed E-state index contributed by atoms with van der Waals surface area (Å²) in [6.45, 7) is 1.76. The van der Waals surface area contributed by atoms with Gasteiger partial charge in [0.1, 0.15) is 0 Å². The SMILES string of the molecule is Cc1noc2c1=CC([N+](=O)[O-])=C(P)CC=2. The summed E-state index contributed by atoms with van der Waals surface area (Å²) in [6.07, 6.45) is 3.79. The standard InChI is InChI=1S/C9H9N2O3P/c1-5-6-4-7(11(12)13)9(15)3-2-8(6)14-10-5/h2,4H,3,15H2,1H3. The maximum absolute atomic E-state index is 10.8. The van der Waals surface area contributed by atoms with Crippen LogP contribution in [0.25, 0.3) is 12.2 Å². The molecule has 1 aliphatic carbocycles. The van der Waals surface area contributed by atoms with Crippen molar-refractivity contribution in [1.29, 1.82) is 0 Å². The summed E-state index contributed by atoms with van der Waals surface area (Å²) < 4.78 is 5.05. The molecule has 1 heterocycles. The van der Waals surface area contributed by atoms with E-state index in [0.717, 1.165) is 0 Å². The molecule has 1 aromatic heterocycles. The molecule has 1 atom stereocenters. The third-order valence-electron chi connectivity index (χ3n) is 2.25. The highest BCUT2D eigenvalue weighted by Crippen LogP contribution is 2.19. The Morgan fingerprint density at radius 2 is 2.40 bits per heavy atom. The average Bonchev–Trinajstić information content (AvgIpc) is 2.41. The fraction of sp³-hybridized carbons (Fsp3) is 0.222. The Balaban J connectivity index is 2.75. The molecule has 0 saturated carbocycles. The van der Waals surface area contributed by atoms with Gasteiger partial charge in [-0.2, -0.15) is 0 Å². The Kier molecular flexibility index (Phi) is 2.40. The van der Waals surface area contributed by atoms with Crippen LogP contribution in [0.4, 0.5) is 0 Å². The minimum atomic E-state index is -0.391. The minimum absolute atomic E-state index is 0.0984. The monoisotopic (exact) mass is 224 g/mol. The molecule has 0 fully saturated rings. The topological polar surface area (TPSA) is 69.2 Å². The van der Waals surface area contributed by atoms with Gasteiger partial charge in [-0.3, -0.25) is 10.1 Å². The van der Waals surface area contributed by atoms with Crippen LogP contribution in [0.15, 0.2) is 15.5 Å². The molecule has 0 radical (unpaired) electrons. The predicted octanol–water partition coefficient (Wildman–Crippen LogP) is 0.311. The van der Waals surface area contributed by atoms with Crippen molar-refractivity contribution in [2.24, 2.45) is 0 Å². The summed E-state index contributed by atoms with van der Waals surface area (Å²) in [4.78, 5) is 10.4. The van der Waals surface area contributed by atoms with Crippen LogP contribution >= 0.6 is 9.24 Å². The number of fused-ring (bicyclic) bond motifs is 1. The minimum Gasteiger partial charge on any atom is -0.356 e. The first kappa shape index (κ1) is 10.1. The Hall–Kier alpha value is -1.48. The van der Waals surface area contributed by atoms with E-state index in [1.54, 1.807) is 13.0 Å². The highest BCUT2D eigenvalue weighted by Gasteiger charge is 2.15. The molecular weight excluding hydrogens is 215 g/mol. The lowest BCUT2D eigenvalue weighted by molar-refractivity contribution is -0.416. The lowest BCUT2D eigenvalue weighted by Crippen LogP contribution is -2.21. The van der Waals surface area contributed by atoms with Gasteiger partial charge in [0.2, 0.25) is 0 Å². The van der Waals surface area contributed by atoms with Crippen molar-refractivity contribution in [2.45, 2.75) is 13.3 Å². The van der Waals surface area contributed by atoms with Gasteiger partial charge in [-0.25, -0.2) is 0 Å². The fourth-order valence-electron chi connectivity index (χ4n) is 1.42. The summed E-state index contributed by atoms with van der Waals surface area (Å²) in [5.74, 6) is 0. The molecule has 0 N–H and O–H groups in total. The van der Waals surface area contributed by atoms with E-state index in [2.05, 4.69) is 14.4 Å². The zero-order valence-electron chi connectivity index (χ0n) is 8.06. The van der Waals surface area contributed by atoms with Gasteiger partial charge in [-0.15, -0.1) is 9.24 Å². The molecule has 0 amide bonds. The first-order valence-corrected chi connectivity index (χ1v) is 4.94. The summed E-state index contributed by atoms with van der Waals surface area (Å²) in [5, 5.41) is 15.9. The Bertz CT molecular complexity index is 571. The number of nitro groups is 1. The van der Waals surface area contributed by atoms with Crippen molar-refractivity contribution in [3.05, 3.63) is 37.5 Å². The molecule has 1 aromatic rings. The summed E-state index contributed by atoms with van der Waals surface area (Å²) >= 11 is 0. The number of allylic oxidation sites excluding steroid dienone is 2. The van der Waals surface area contributed by atoms with Gasteiger partial charge in [-0.05, 0) is 13.0 Å². The van der Waals surface area contributed by atoms with Crippen LogP contribution in [-0.2, 0) is 0 Å². The average molecular weight is 224 g/mol. The molecule has 2 rings (SSSR count). The molecule has 0 saturated heterocycles. The van der Waals surface area contributed by atoms with E-state index in [9.17, 15) is 10.1 Å². The van der Waals surface area contributed by atoms with Crippen LogP contribution in [0.5, 0.6) is 0 Å². The first-order chi connectivity index (χ1) is 7.09. The number of hydrogen-bond acceptors (Lipinski definition) is 4. The van der Waals surface area contributed by atoms with Gasteiger partial charge in [0.25, 0.3) is 5.70 Å². The molecule has 0 bridgehead atoms. The van der Waals surface area contributed by atoms with Crippen molar-refractivity contribution in [2.75, 3.05) is 0 Å². The number of nitrogens with zero attached hydrogens (tertiary/aromatic N) is 2. The van der Waals surface area contributed by atoms with Gasteiger partial charge >= 0.3 is 0 Å². The molecule has 0 aromatic carbocycles. The summed E-state index contributed by atoms with van der Waals surface area (Å²) in [7, 11) is 2.39. The molecule has 78 valence electrons. The van der Waals surface area contributed by atoms with Gasteiger partial charge in [-0.1, -0.05) is 5.16 Å². The lowest BCUT2D eigenvalue weighted by Gasteiger charge is -1.94.